The van der Waals surface area contributed by atoms with Gasteiger partial charge in [-0.25, -0.2) is 0 Å². The topological polar surface area (TPSA) is 12.4 Å². The highest BCUT2D eigenvalue weighted by molar-refractivity contribution is 5.91. The summed E-state index contributed by atoms with van der Waals surface area (Å²) in [6, 6.07) is 10.5. The average Bonchev–Trinajstić information content (AvgIpc) is 2.42. The molecule has 1 aromatic rings. The highest BCUT2D eigenvalue weighted by Crippen LogP contribution is 2.28. The molecule has 0 saturated heterocycles. The minimum absolute atomic E-state index is 1.11. The normalized spacial score (nSPS) is 16.3. The van der Waals surface area contributed by atoms with E-state index in [0.717, 1.165) is 12.8 Å². The molecule has 1 aliphatic carbocycles. The van der Waals surface area contributed by atoms with E-state index in [9.17, 15) is 0 Å². The maximum atomic E-state index is 4.05. The largest absolute Gasteiger partial charge is 0.296 e. The lowest BCUT2D eigenvalue weighted by molar-refractivity contribution is 0.996. The van der Waals surface area contributed by atoms with Crippen LogP contribution in [0.5, 0.6) is 0 Å². The predicted molar refractivity (Wildman–Crippen MR) is 75.3 cm³/mol. The van der Waals surface area contributed by atoms with Crippen molar-refractivity contribution in [2.75, 3.05) is 7.05 Å². The maximum absolute atomic E-state index is 4.05. The van der Waals surface area contributed by atoms with E-state index >= 15 is 0 Å². The molecular formula is C16H17N. The zero-order chi connectivity index (χ0) is 11.9. The third-order valence-electron chi connectivity index (χ3n) is 2.83. The molecule has 0 fully saturated rings. The second-order valence-corrected chi connectivity index (χ2v) is 4.01. The first-order chi connectivity index (χ1) is 8.42. The van der Waals surface area contributed by atoms with Crippen LogP contribution in [0, 0.1) is 0 Å². The van der Waals surface area contributed by atoms with E-state index < -0.39 is 0 Å². The van der Waals surface area contributed by atoms with Crippen LogP contribution in [0.25, 0.3) is 5.57 Å². The summed E-state index contributed by atoms with van der Waals surface area (Å²) in [4.78, 5) is 4.05. The summed E-state index contributed by atoms with van der Waals surface area (Å²) in [5.41, 5.74) is 3.92. The van der Waals surface area contributed by atoms with Gasteiger partial charge < -0.3 is 0 Å². The lowest BCUT2D eigenvalue weighted by Crippen LogP contribution is -1.93. The van der Waals surface area contributed by atoms with Gasteiger partial charge in [-0.1, -0.05) is 48.6 Å². The van der Waals surface area contributed by atoms with Gasteiger partial charge in [0, 0.05) is 13.3 Å². The van der Waals surface area contributed by atoms with Crippen molar-refractivity contribution in [3.05, 3.63) is 65.8 Å². The molecule has 1 heteroatoms. The molecule has 1 aromatic carbocycles. The second-order valence-electron chi connectivity index (χ2n) is 4.01. The Morgan fingerprint density at radius 1 is 1.24 bits per heavy atom. The number of hydrogen-bond acceptors (Lipinski definition) is 1. The van der Waals surface area contributed by atoms with Gasteiger partial charge in [0.05, 0.1) is 0 Å². The van der Waals surface area contributed by atoms with Crippen LogP contribution in [-0.4, -0.2) is 13.3 Å². The first kappa shape index (κ1) is 11.6. The van der Waals surface area contributed by atoms with E-state index in [4.69, 9.17) is 0 Å². The summed E-state index contributed by atoms with van der Waals surface area (Å²) >= 11 is 0. The van der Waals surface area contributed by atoms with Gasteiger partial charge in [0.15, 0.2) is 0 Å². The monoisotopic (exact) mass is 223 g/mol. The van der Waals surface area contributed by atoms with Gasteiger partial charge in [-0.3, -0.25) is 4.99 Å². The molecule has 0 aliphatic heterocycles. The SMILES string of the molecule is CN=C/C=C(/C1=CC=CCC1)c1ccccc1. The van der Waals surface area contributed by atoms with Crippen LogP contribution >= 0.6 is 0 Å². The number of aliphatic imine (C=N–C) groups is 1. The van der Waals surface area contributed by atoms with E-state index in [2.05, 4.69) is 53.6 Å². The van der Waals surface area contributed by atoms with Gasteiger partial charge >= 0.3 is 0 Å². The third kappa shape index (κ3) is 3.04. The predicted octanol–water partition coefficient (Wildman–Crippen LogP) is 4.05. The molecule has 0 saturated carbocycles. The summed E-state index contributed by atoms with van der Waals surface area (Å²) in [5.74, 6) is 0. The van der Waals surface area contributed by atoms with Crippen LogP contribution in [0.3, 0.4) is 0 Å². The Morgan fingerprint density at radius 2 is 2.06 bits per heavy atom. The molecule has 0 bridgehead atoms. The molecule has 1 aliphatic rings. The molecule has 0 aromatic heterocycles. The van der Waals surface area contributed by atoms with Crippen LogP contribution in [0.4, 0.5) is 0 Å². The Hall–Kier alpha value is -1.89. The second kappa shape index (κ2) is 6.00. The summed E-state index contributed by atoms with van der Waals surface area (Å²) in [6.07, 6.45) is 12.7. The Morgan fingerprint density at radius 3 is 2.71 bits per heavy atom. The van der Waals surface area contributed by atoms with Crippen LogP contribution in [0.2, 0.25) is 0 Å². The van der Waals surface area contributed by atoms with Crippen LogP contribution < -0.4 is 0 Å². The summed E-state index contributed by atoms with van der Waals surface area (Å²) in [6.45, 7) is 0. The number of nitrogens with zero attached hydrogens (tertiary/aromatic N) is 1. The Balaban J connectivity index is 2.39. The van der Waals surface area contributed by atoms with Crippen molar-refractivity contribution in [2.45, 2.75) is 12.8 Å². The number of allylic oxidation sites excluding steroid dienone is 6. The molecule has 2 rings (SSSR count). The molecular weight excluding hydrogens is 206 g/mol. The fourth-order valence-corrected chi connectivity index (χ4v) is 1.98. The minimum Gasteiger partial charge on any atom is -0.296 e. The van der Waals surface area contributed by atoms with Crippen LogP contribution in [0.1, 0.15) is 18.4 Å². The number of rotatable bonds is 3. The summed E-state index contributed by atoms with van der Waals surface area (Å²) < 4.78 is 0. The van der Waals surface area contributed by atoms with Crippen molar-refractivity contribution < 1.29 is 0 Å². The average molecular weight is 223 g/mol. The Bertz CT molecular complexity index is 476. The van der Waals surface area contributed by atoms with E-state index in [1.807, 2.05) is 12.3 Å². The molecule has 1 nitrogen and oxygen atoms in total. The minimum atomic E-state index is 1.11. The van der Waals surface area contributed by atoms with Gasteiger partial charge in [-0.15, -0.1) is 0 Å². The van der Waals surface area contributed by atoms with E-state index in [-0.39, 0.29) is 0 Å². The molecule has 0 heterocycles. The summed E-state index contributed by atoms with van der Waals surface area (Å²) in [5, 5.41) is 0. The molecule has 0 spiro atoms. The Labute approximate surface area is 103 Å². The standard InChI is InChI=1S/C16H17N/c1-17-13-12-16(14-8-4-2-5-9-14)15-10-6-3-7-11-15/h2-6,8-10,12-13H,7,11H2,1H3/b16-12+,17-13?. The van der Waals surface area contributed by atoms with Gasteiger partial charge in [-0.05, 0) is 35.6 Å². The lowest BCUT2D eigenvalue weighted by Gasteiger charge is -2.13. The van der Waals surface area contributed by atoms with Gasteiger partial charge in [0.1, 0.15) is 0 Å². The molecule has 0 unspecified atom stereocenters. The van der Waals surface area contributed by atoms with Crippen molar-refractivity contribution in [1.82, 2.24) is 0 Å². The van der Waals surface area contributed by atoms with Gasteiger partial charge in [-0.2, -0.15) is 0 Å². The molecule has 0 amide bonds. The number of hydrogen-bond donors (Lipinski definition) is 0. The van der Waals surface area contributed by atoms with Crippen LogP contribution in [-0.2, 0) is 0 Å². The van der Waals surface area contributed by atoms with E-state index in [1.54, 1.807) is 7.05 Å². The molecule has 17 heavy (non-hydrogen) atoms. The fourth-order valence-electron chi connectivity index (χ4n) is 1.98. The first-order valence-corrected chi connectivity index (χ1v) is 5.96. The number of benzene rings is 1. The molecule has 0 radical (unpaired) electrons. The highest BCUT2D eigenvalue weighted by atomic mass is 14.6. The van der Waals surface area contributed by atoms with E-state index in [0.29, 0.717) is 0 Å². The van der Waals surface area contributed by atoms with Crippen molar-refractivity contribution in [3.8, 4) is 0 Å². The zero-order valence-electron chi connectivity index (χ0n) is 10.1. The molecule has 0 atom stereocenters. The lowest BCUT2D eigenvalue weighted by atomic mass is 9.92. The van der Waals surface area contributed by atoms with Gasteiger partial charge in [0.2, 0.25) is 0 Å². The van der Waals surface area contributed by atoms with Crippen molar-refractivity contribution in [2.24, 2.45) is 4.99 Å². The van der Waals surface area contributed by atoms with E-state index in [1.165, 1.54) is 16.7 Å². The summed E-state index contributed by atoms with van der Waals surface area (Å²) in [7, 11) is 1.80. The van der Waals surface area contributed by atoms with Crippen molar-refractivity contribution >= 4 is 11.8 Å². The first-order valence-electron chi connectivity index (χ1n) is 5.96. The Kier molecular flexibility index (Phi) is 4.09. The molecule has 0 N–H and O–H groups in total. The third-order valence-corrected chi connectivity index (χ3v) is 2.83. The quantitative estimate of drug-likeness (QED) is 0.686. The molecule has 86 valence electrons. The zero-order valence-corrected chi connectivity index (χ0v) is 10.1. The maximum Gasteiger partial charge on any atom is 0.0277 e. The highest BCUT2D eigenvalue weighted by Gasteiger charge is 2.07. The van der Waals surface area contributed by atoms with Gasteiger partial charge in [0.25, 0.3) is 0 Å². The smallest absolute Gasteiger partial charge is 0.0277 e. The van der Waals surface area contributed by atoms with Crippen LogP contribution in [0.15, 0.2) is 65.2 Å². The van der Waals surface area contributed by atoms with Crippen molar-refractivity contribution in [3.63, 3.8) is 0 Å². The fraction of sp³-hybridized carbons (Fsp3) is 0.188. The van der Waals surface area contributed by atoms with Crippen molar-refractivity contribution in [1.29, 1.82) is 0 Å².